The molecule has 0 radical (unpaired) electrons. The van der Waals surface area contributed by atoms with E-state index in [-0.39, 0.29) is 0 Å². The molecule has 3 aromatic rings. The molecule has 3 rings (SSSR count). The molecule has 106 valence electrons. The van der Waals surface area contributed by atoms with Gasteiger partial charge < -0.3 is 15.5 Å². The van der Waals surface area contributed by atoms with E-state index in [1.54, 1.807) is 12.1 Å². The van der Waals surface area contributed by atoms with Gasteiger partial charge in [-0.05, 0) is 12.1 Å². The summed E-state index contributed by atoms with van der Waals surface area (Å²) >= 11 is 0. The Kier molecular flexibility index (Phi) is 3.19. The van der Waals surface area contributed by atoms with Crippen molar-refractivity contribution in [3.8, 4) is 11.4 Å². The molecule has 21 heavy (non-hydrogen) atoms. The van der Waals surface area contributed by atoms with Gasteiger partial charge in [0.2, 0.25) is 0 Å². The van der Waals surface area contributed by atoms with Gasteiger partial charge in [0, 0.05) is 11.3 Å². The summed E-state index contributed by atoms with van der Waals surface area (Å²) in [7, 11) is 1.31. The van der Waals surface area contributed by atoms with E-state index in [1.807, 2.05) is 30.3 Å². The first-order valence-electron chi connectivity index (χ1n) is 6.37. The van der Waals surface area contributed by atoms with Crippen LogP contribution in [0, 0.1) is 0 Å². The molecule has 6 nitrogen and oxygen atoms in total. The number of rotatable bonds is 2. The molecule has 1 aromatic heterocycles. The Hall–Kier alpha value is -3.02. The highest BCUT2D eigenvalue weighted by Gasteiger charge is 2.10. The zero-order valence-electron chi connectivity index (χ0n) is 11.4. The van der Waals surface area contributed by atoms with Crippen LogP contribution in [0.5, 0.6) is 0 Å². The number of carbonyl (C=O) groups excluding carboxylic acids is 1. The first kappa shape index (κ1) is 13.0. The van der Waals surface area contributed by atoms with Crippen LogP contribution in [0.3, 0.4) is 0 Å². The number of aromatic nitrogens is 2. The molecule has 2 aromatic carbocycles. The van der Waals surface area contributed by atoms with Crippen LogP contribution in [-0.4, -0.2) is 23.2 Å². The second-order valence-corrected chi connectivity index (χ2v) is 4.53. The summed E-state index contributed by atoms with van der Waals surface area (Å²) in [6.45, 7) is 0. The van der Waals surface area contributed by atoms with E-state index >= 15 is 0 Å². The minimum Gasteiger partial charge on any atom is -0.453 e. The maximum Gasteiger partial charge on any atom is 0.411 e. The van der Waals surface area contributed by atoms with Crippen molar-refractivity contribution in [2.24, 2.45) is 0 Å². The van der Waals surface area contributed by atoms with E-state index in [4.69, 9.17) is 5.73 Å². The monoisotopic (exact) mass is 282 g/mol. The van der Waals surface area contributed by atoms with Gasteiger partial charge in [0.15, 0.2) is 0 Å². The fourth-order valence-corrected chi connectivity index (χ4v) is 2.12. The van der Waals surface area contributed by atoms with Crippen molar-refractivity contribution >= 4 is 28.5 Å². The lowest BCUT2D eigenvalue weighted by molar-refractivity contribution is 0.187. The number of fused-ring (bicyclic) bond motifs is 1. The largest absolute Gasteiger partial charge is 0.453 e. The molecule has 6 heteroatoms. The van der Waals surface area contributed by atoms with E-state index in [9.17, 15) is 4.79 Å². The van der Waals surface area contributed by atoms with Crippen molar-refractivity contribution in [1.29, 1.82) is 0 Å². The van der Waals surface area contributed by atoms with Crippen LogP contribution in [0.15, 0.2) is 42.5 Å². The number of hydrogen-bond donors (Lipinski definition) is 3. The highest BCUT2D eigenvalue weighted by molar-refractivity contribution is 5.95. The molecule has 4 N–H and O–H groups in total. The molecule has 0 saturated carbocycles. The Morgan fingerprint density at radius 2 is 2.05 bits per heavy atom. The summed E-state index contributed by atoms with van der Waals surface area (Å²) in [5.74, 6) is 0.729. The number of ether oxygens (including phenoxy) is 1. The molecule has 1 heterocycles. The van der Waals surface area contributed by atoms with Crippen molar-refractivity contribution in [3.05, 3.63) is 42.5 Å². The Bertz CT molecular complexity index is 796. The summed E-state index contributed by atoms with van der Waals surface area (Å²) in [6, 6.07) is 13.2. The first-order chi connectivity index (χ1) is 10.2. The number of nitrogens with zero attached hydrogens (tertiary/aromatic N) is 1. The zero-order chi connectivity index (χ0) is 14.8. The molecule has 0 aliphatic rings. The number of nitrogens with one attached hydrogen (secondary N) is 2. The number of amides is 1. The zero-order valence-corrected chi connectivity index (χ0v) is 11.4. The quantitative estimate of drug-likeness (QED) is 0.630. The summed E-state index contributed by atoms with van der Waals surface area (Å²) in [5.41, 5.74) is 9.41. The van der Waals surface area contributed by atoms with Crippen molar-refractivity contribution in [1.82, 2.24) is 9.97 Å². The standard InChI is InChI=1S/C15H14N4O2/c1-21-15(20)17-10-7-11(16)13-12(8-10)18-14(19-13)9-5-3-2-4-6-9/h2-8H,16H2,1H3,(H,17,20)(H,18,19). The topological polar surface area (TPSA) is 93.0 Å². The fourth-order valence-electron chi connectivity index (χ4n) is 2.12. The second-order valence-electron chi connectivity index (χ2n) is 4.53. The number of hydrogen-bond acceptors (Lipinski definition) is 4. The van der Waals surface area contributed by atoms with E-state index < -0.39 is 6.09 Å². The third-order valence-corrected chi connectivity index (χ3v) is 3.10. The summed E-state index contributed by atoms with van der Waals surface area (Å²) in [5, 5.41) is 2.58. The Labute approximate surface area is 120 Å². The molecule has 0 saturated heterocycles. The second kappa shape index (κ2) is 5.16. The van der Waals surface area contributed by atoms with Crippen molar-refractivity contribution < 1.29 is 9.53 Å². The maximum absolute atomic E-state index is 11.3. The Balaban J connectivity index is 2.05. The van der Waals surface area contributed by atoms with Crippen LogP contribution in [0.25, 0.3) is 22.4 Å². The number of anilines is 2. The van der Waals surface area contributed by atoms with Crippen LogP contribution >= 0.6 is 0 Å². The van der Waals surface area contributed by atoms with Gasteiger partial charge in [-0.15, -0.1) is 0 Å². The van der Waals surface area contributed by atoms with Crippen LogP contribution < -0.4 is 11.1 Å². The van der Waals surface area contributed by atoms with Gasteiger partial charge in [-0.25, -0.2) is 9.78 Å². The fraction of sp³-hybridized carbons (Fsp3) is 0.0667. The molecule has 0 fully saturated rings. The summed E-state index contributed by atoms with van der Waals surface area (Å²) in [6.07, 6.45) is -0.545. The van der Waals surface area contributed by atoms with Gasteiger partial charge in [-0.3, -0.25) is 5.32 Å². The molecule has 0 atom stereocenters. The first-order valence-corrected chi connectivity index (χ1v) is 6.37. The average molecular weight is 282 g/mol. The molecule has 0 unspecified atom stereocenters. The highest BCUT2D eigenvalue weighted by Crippen LogP contribution is 2.27. The summed E-state index contributed by atoms with van der Waals surface area (Å²) < 4.78 is 4.56. The minimum atomic E-state index is -0.545. The van der Waals surface area contributed by atoms with Crippen LogP contribution in [0.1, 0.15) is 0 Å². The number of methoxy groups -OCH3 is 1. The number of nitrogens with two attached hydrogens (primary N) is 1. The third kappa shape index (κ3) is 2.51. The van der Waals surface area contributed by atoms with E-state index in [1.165, 1.54) is 7.11 Å². The molecule has 0 bridgehead atoms. The number of benzene rings is 2. The third-order valence-electron chi connectivity index (χ3n) is 3.10. The summed E-state index contributed by atoms with van der Waals surface area (Å²) in [4.78, 5) is 19.0. The lowest BCUT2D eigenvalue weighted by atomic mass is 10.2. The van der Waals surface area contributed by atoms with E-state index in [0.717, 1.165) is 16.9 Å². The molecule has 0 aliphatic heterocycles. The van der Waals surface area contributed by atoms with Gasteiger partial charge in [0.05, 0.1) is 18.3 Å². The van der Waals surface area contributed by atoms with Crippen molar-refractivity contribution in [3.63, 3.8) is 0 Å². The normalized spacial score (nSPS) is 10.5. The van der Waals surface area contributed by atoms with Crippen LogP contribution in [-0.2, 0) is 4.74 Å². The lowest BCUT2D eigenvalue weighted by Crippen LogP contribution is -2.11. The van der Waals surface area contributed by atoms with E-state index in [2.05, 4.69) is 20.0 Å². The highest BCUT2D eigenvalue weighted by atomic mass is 16.5. The van der Waals surface area contributed by atoms with Gasteiger partial charge >= 0.3 is 6.09 Å². The maximum atomic E-state index is 11.3. The molecule has 0 spiro atoms. The predicted octanol–water partition coefficient (Wildman–Crippen LogP) is 2.99. The van der Waals surface area contributed by atoms with Gasteiger partial charge in [-0.1, -0.05) is 30.3 Å². The Morgan fingerprint density at radius 1 is 1.29 bits per heavy atom. The van der Waals surface area contributed by atoms with Crippen LogP contribution in [0.2, 0.25) is 0 Å². The van der Waals surface area contributed by atoms with E-state index in [0.29, 0.717) is 16.9 Å². The minimum absolute atomic E-state index is 0.484. The average Bonchev–Trinajstić information content (AvgIpc) is 2.92. The van der Waals surface area contributed by atoms with Gasteiger partial charge in [0.25, 0.3) is 0 Å². The number of imidazole rings is 1. The smallest absolute Gasteiger partial charge is 0.411 e. The van der Waals surface area contributed by atoms with Crippen LogP contribution in [0.4, 0.5) is 16.2 Å². The number of carbonyl (C=O) groups is 1. The molecular formula is C15H14N4O2. The van der Waals surface area contributed by atoms with Gasteiger partial charge in [0.1, 0.15) is 11.3 Å². The number of H-pyrrole nitrogens is 1. The predicted molar refractivity (Wildman–Crippen MR) is 82.0 cm³/mol. The molecular weight excluding hydrogens is 268 g/mol. The molecule has 0 aliphatic carbocycles. The number of aromatic amines is 1. The Morgan fingerprint density at radius 3 is 2.76 bits per heavy atom. The van der Waals surface area contributed by atoms with Crippen molar-refractivity contribution in [2.45, 2.75) is 0 Å². The van der Waals surface area contributed by atoms with Gasteiger partial charge in [-0.2, -0.15) is 0 Å². The lowest BCUT2D eigenvalue weighted by Gasteiger charge is -2.04. The van der Waals surface area contributed by atoms with Crippen molar-refractivity contribution in [2.75, 3.05) is 18.2 Å². The SMILES string of the molecule is COC(=O)Nc1cc(N)c2nc(-c3ccccc3)[nH]c2c1. The number of nitrogen functional groups attached to an aromatic ring is 1. The molecule has 1 amide bonds.